The van der Waals surface area contributed by atoms with Crippen LogP contribution in [0.4, 0.5) is 0 Å². The molecule has 0 aromatic rings. The molecule has 1 fully saturated rings. The van der Waals surface area contributed by atoms with Crippen molar-refractivity contribution in [3.8, 4) is 0 Å². The molecule has 0 spiro atoms. The van der Waals surface area contributed by atoms with Gasteiger partial charge in [0, 0.05) is 13.0 Å². The SMILES string of the molecule is NCCC(=O)NC1O[C@H](COP(=O)(O)O)[C@@H](O)[C@H]1O. The van der Waals surface area contributed by atoms with Crippen molar-refractivity contribution in [1.82, 2.24) is 5.32 Å². The third-order valence-electron chi connectivity index (χ3n) is 2.44. The van der Waals surface area contributed by atoms with Gasteiger partial charge in [-0.25, -0.2) is 4.57 Å². The Morgan fingerprint density at radius 2 is 2.00 bits per heavy atom. The van der Waals surface area contributed by atoms with Crippen LogP contribution in [0.2, 0.25) is 0 Å². The number of aliphatic hydroxyl groups is 2. The van der Waals surface area contributed by atoms with E-state index in [1.54, 1.807) is 0 Å². The highest BCUT2D eigenvalue weighted by Crippen LogP contribution is 2.37. The zero-order valence-corrected chi connectivity index (χ0v) is 10.8. The molecular formula is C8H17N2O8P. The predicted octanol–water partition coefficient (Wildman–Crippen LogP) is -2.99. The fraction of sp³-hybridized carbons (Fsp3) is 0.875. The van der Waals surface area contributed by atoms with Crippen molar-refractivity contribution < 1.29 is 38.6 Å². The van der Waals surface area contributed by atoms with Crippen LogP contribution >= 0.6 is 7.82 Å². The zero-order valence-electron chi connectivity index (χ0n) is 9.88. The Balaban J connectivity index is 2.51. The summed E-state index contributed by atoms with van der Waals surface area (Å²) in [7, 11) is -4.70. The largest absolute Gasteiger partial charge is 0.469 e. The number of amides is 1. The number of nitrogens with two attached hydrogens (primary N) is 1. The number of nitrogens with one attached hydrogen (secondary N) is 1. The molecule has 1 rings (SSSR count). The number of carbonyl (C=O) groups excluding carboxylic acids is 1. The molecule has 0 aromatic carbocycles. The Morgan fingerprint density at radius 1 is 1.37 bits per heavy atom. The van der Waals surface area contributed by atoms with Crippen LogP contribution in [0, 0.1) is 0 Å². The number of phosphoric ester groups is 1. The van der Waals surface area contributed by atoms with E-state index in [0.29, 0.717) is 0 Å². The van der Waals surface area contributed by atoms with Gasteiger partial charge in [0.1, 0.15) is 18.3 Å². The third-order valence-corrected chi connectivity index (χ3v) is 2.93. The first-order valence-corrected chi connectivity index (χ1v) is 6.98. The van der Waals surface area contributed by atoms with Crippen molar-refractivity contribution in [2.75, 3.05) is 13.2 Å². The van der Waals surface area contributed by atoms with E-state index in [9.17, 15) is 19.6 Å². The van der Waals surface area contributed by atoms with Gasteiger partial charge in [0.2, 0.25) is 5.91 Å². The molecule has 4 atom stereocenters. The fourth-order valence-electron chi connectivity index (χ4n) is 1.54. The minimum Gasteiger partial charge on any atom is -0.387 e. The number of ether oxygens (including phenoxy) is 1. The van der Waals surface area contributed by atoms with Crippen LogP contribution in [0.3, 0.4) is 0 Å². The van der Waals surface area contributed by atoms with E-state index in [0.717, 1.165) is 0 Å². The van der Waals surface area contributed by atoms with Crippen molar-refractivity contribution >= 4 is 13.7 Å². The van der Waals surface area contributed by atoms with Crippen LogP contribution in [0.1, 0.15) is 6.42 Å². The second-order valence-corrected chi connectivity index (χ2v) is 5.21. The Kier molecular flexibility index (Phi) is 5.83. The lowest BCUT2D eigenvalue weighted by molar-refractivity contribution is -0.127. The van der Waals surface area contributed by atoms with Crippen LogP contribution in [-0.4, -0.2) is 63.6 Å². The quantitative estimate of drug-likeness (QED) is 0.280. The summed E-state index contributed by atoms with van der Waals surface area (Å²) >= 11 is 0. The van der Waals surface area contributed by atoms with Crippen molar-refractivity contribution in [2.24, 2.45) is 5.73 Å². The predicted molar refractivity (Wildman–Crippen MR) is 60.5 cm³/mol. The van der Waals surface area contributed by atoms with Crippen LogP contribution in [0.5, 0.6) is 0 Å². The number of phosphoric acid groups is 1. The molecule has 0 aromatic heterocycles. The summed E-state index contributed by atoms with van der Waals surface area (Å²) in [4.78, 5) is 28.3. The Hall–Kier alpha value is -0.580. The van der Waals surface area contributed by atoms with Gasteiger partial charge in [0.05, 0.1) is 6.61 Å². The molecule has 0 aliphatic carbocycles. The Bertz CT molecular complexity index is 361. The highest BCUT2D eigenvalue weighted by atomic mass is 31.2. The first-order valence-electron chi connectivity index (χ1n) is 5.45. The molecule has 0 saturated carbocycles. The van der Waals surface area contributed by atoms with E-state index in [1.165, 1.54) is 0 Å². The summed E-state index contributed by atoms with van der Waals surface area (Å²) < 4.78 is 19.7. The molecule has 1 unspecified atom stereocenters. The minimum absolute atomic E-state index is 0.0202. The molecule has 1 heterocycles. The minimum atomic E-state index is -4.70. The molecule has 1 aliphatic heterocycles. The summed E-state index contributed by atoms with van der Waals surface area (Å²) in [6, 6.07) is 0. The Labute approximate surface area is 108 Å². The second kappa shape index (κ2) is 6.73. The lowest BCUT2D eigenvalue weighted by Gasteiger charge is -2.16. The third kappa shape index (κ3) is 5.13. The first-order chi connectivity index (χ1) is 8.74. The molecule has 7 N–H and O–H groups in total. The molecule has 1 amide bonds. The summed E-state index contributed by atoms with van der Waals surface area (Å²) in [5, 5.41) is 21.5. The smallest absolute Gasteiger partial charge is 0.387 e. The average molecular weight is 300 g/mol. The Morgan fingerprint density at radius 3 is 2.53 bits per heavy atom. The number of carbonyl (C=O) groups is 1. The van der Waals surface area contributed by atoms with E-state index >= 15 is 0 Å². The highest BCUT2D eigenvalue weighted by molar-refractivity contribution is 7.46. The zero-order chi connectivity index (χ0) is 14.6. The van der Waals surface area contributed by atoms with Crippen LogP contribution in [-0.2, 0) is 18.6 Å². The molecule has 19 heavy (non-hydrogen) atoms. The summed E-state index contributed by atoms with van der Waals surface area (Å²) in [5.74, 6) is -0.477. The van der Waals surface area contributed by atoms with E-state index in [-0.39, 0.29) is 13.0 Å². The summed E-state index contributed by atoms with van der Waals surface area (Å²) in [6.45, 7) is -0.506. The maximum absolute atomic E-state index is 11.3. The lowest BCUT2D eigenvalue weighted by Crippen LogP contribution is -2.44. The number of hydrogen-bond donors (Lipinski definition) is 6. The highest BCUT2D eigenvalue weighted by Gasteiger charge is 2.44. The lowest BCUT2D eigenvalue weighted by atomic mass is 10.1. The maximum Gasteiger partial charge on any atom is 0.469 e. The van der Waals surface area contributed by atoms with Crippen LogP contribution in [0.15, 0.2) is 0 Å². The van der Waals surface area contributed by atoms with E-state index in [2.05, 4.69) is 9.84 Å². The van der Waals surface area contributed by atoms with Gasteiger partial charge in [-0.2, -0.15) is 0 Å². The van der Waals surface area contributed by atoms with Crippen molar-refractivity contribution in [1.29, 1.82) is 0 Å². The number of rotatable bonds is 6. The van der Waals surface area contributed by atoms with Gasteiger partial charge in [-0.15, -0.1) is 0 Å². The van der Waals surface area contributed by atoms with Crippen LogP contribution < -0.4 is 11.1 Å². The number of hydrogen-bond acceptors (Lipinski definition) is 7. The van der Waals surface area contributed by atoms with Crippen molar-refractivity contribution in [3.05, 3.63) is 0 Å². The van der Waals surface area contributed by atoms with Gasteiger partial charge >= 0.3 is 7.82 Å². The van der Waals surface area contributed by atoms with Gasteiger partial charge in [0.15, 0.2) is 6.23 Å². The monoisotopic (exact) mass is 300 g/mol. The molecule has 0 radical (unpaired) electrons. The molecule has 11 heteroatoms. The van der Waals surface area contributed by atoms with Gasteiger partial charge in [0.25, 0.3) is 0 Å². The normalized spacial score (nSPS) is 31.4. The van der Waals surface area contributed by atoms with Crippen molar-refractivity contribution in [2.45, 2.75) is 31.0 Å². The number of aliphatic hydroxyl groups excluding tert-OH is 2. The fourth-order valence-corrected chi connectivity index (χ4v) is 1.88. The van der Waals surface area contributed by atoms with Gasteiger partial charge in [-0.3, -0.25) is 9.32 Å². The van der Waals surface area contributed by atoms with Crippen molar-refractivity contribution in [3.63, 3.8) is 0 Å². The average Bonchev–Trinajstić information content (AvgIpc) is 2.54. The molecule has 112 valence electrons. The standard InChI is InChI=1S/C8H17N2O8P/c9-2-1-5(11)10-8-7(13)6(12)4(18-8)3-17-19(14,15)16/h4,6-8,12-13H,1-3,9H2,(H,10,11)(H2,14,15,16)/t4-,6-,7-,8?/m1/s1. The van der Waals surface area contributed by atoms with Crippen LogP contribution in [0.25, 0.3) is 0 Å². The molecule has 10 nitrogen and oxygen atoms in total. The topological polar surface area (TPSA) is 172 Å². The van der Waals surface area contributed by atoms with Gasteiger partial charge in [-0.05, 0) is 0 Å². The summed E-state index contributed by atoms with van der Waals surface area (Å²) in [6.07, 6.45) is -5.18. The first kappa shape index (κ1) is 16.5. The van der Waals surface area contributed by atoms with E-state index in [1.807, 2.05) is 0 Å². The second-order valence-electron chi connectivity index (χ2n) is 3.97. The maximum atomic E-state index is 11.3. The molecule has 1 aliphatic rings. The van der Waals surface area contributed by atoms with E-state index in [4.69, 9.17) is 20.3 Å². The molecule has 1 saturated heterocycles. The molecule has 0 bridgehead atoms. The summed E-state index contributed by atoms with van der Waals surface area (Å²) in [5.41, 5.74) is 5.17. The van der Waals surface area contributed by atoms with Gasteiger partial charge in [-0.1, -0.05) is 0 Å². The molecular weight excluding hydrogens is 283 g/mol. The van der Waals surface area contributed by atoms with Gasteiger partial charge < -0.3 is 35.8 Å². The van der Waals surface area contributed by atoms with E-state index < -0.39 is 44.9 Å².